The van der Waals surface area contributed by atoms with Crippen LogP contribution in [0.3, 0.4) is 0 Å². The van der Waals surface area contributed by atoms with Gasteiger partial charge in [0, 0.05) is 12.3 Å². The van der Waals surface area contributed by atoms with E-state index < -0.39 is 43.1 Å². The molecule has 1 fully saturated rings. The summed E-state index contributed by atoms with van der Waals surface area (Å²) < 4.78 is 48.6. The second-order valence-electron chi connectivity index (χ2n) is 10.2. The number of hydrogen-bond acceptors (Lipinski definition) is 11. The standard InChI is InChI=1S/C27H30ClFN5O7P/c1-16(18(3)36)13-42(38,41-21-7-5-4-6-19(21)9-8-17(2)35)39-12-22-24(37)27(28,29)26(14-30,40-22)23-11-10-20-25(31)32-15-33-34(20)23/h4-7,10-11,15-16,22,24,37H,8-9,12-13H2,1-3H3,(H2,31,32,33)/t16-,22-,24?,26+,27-,42?/m1/s1. The molecular weight excluding hydrogens is 592 g/mol. The Hall–Kier alpha value is -3.40. The maximum atomic E-state index is 16.1. The van der Waals surface area contributed by atoms with Crippen LogP contribution in [0.2, 0.25) is 0 Å². The first kappa shape index (κ1) is 31.5. The topological polar surface area (TPSA) is 179 Å². The summed E-state index contributed by atoms with van der Waals surface area (Å²) in [6.07, 6.45) is -2.47. The summed E-state index contributed by atoms with van der Waals surface area (Å²) in [4.78, 5) is 27.4. The number of halogens is 2. The van der Waals surface area contributed by atoms with Crippen molar-refractivity contribution >= 4 is 42.1 Å². The van der Waals surface area contributed by atoms with Crippen molar-refractivity contribution in [3.05, 3.63) is 54.0 Å². The lowest BCUT2D eigenvalue weighted by atomic mass is 9.93. The molecule has 6 atom stereocenters. The van der Waals surface area contributed by atoms with Crippen molar-refractivity contribution in [1.29, 1.82) is 5.26 Å². The summed E-state index contributed by atoms with van der Waals surface area (Å²) in [5, 5.41) is 21.8. The lowest BCUT2D eigenvalue weighted by Gasteiger charge is -2.28. The molecule has 1 aliphatic rings. The summed E-state index contributed by atoms with van der Waals surface area (Å²) in [5.41, 5.74) is 3.92. The maximum Gasteiger partial charge on any atom is 0.380 e. The Morgan fingerprint density at radius 1 is 1.33 bits per heavy atom. The number of carbonyl (C=O) groups excluding carboxylic acids is 2. The number of aromatic nitrogens is 3. The van der Waals surface area contributed by atoms with Crippen molar-refractivity contribution in [1.82, 2.24) is 14.6 Å². The fraction of sp³-hybridized carbons (Fsp3) is 0.444. The van der Waals surface area contributed by atoms with E-state index in [0.717, 1.165) is 10.8 Å². The van der Waals surface area contributed by atoms with Gasteiger partial charge in [-0.25, -0.2) is 18.5 Å². The number of nitrogen functional groups attached to an aromatic ring is 1. The first-order chi connectivity index (χ1) is 19.7. The van der Waals surface area contributed by atoms with Crippen LogP contribution in [-0.2, 0) is 35.4 Å². The van der Waals surface area contributed by atoms with Crippen LogP contribution in [0.4, 0.5) is 10.2 Å². The Labute approximate surface area is 246 Å². The molecule has 15 heteroatoms. The van der Waals surface area contributed by atoms with E-state index in [0.29, 0.717) is 12.0 Å². The number of para-hydroxylation sites is 1. The van der Waals surface area contributed by atoms with Crippen LogP contribution >= 0.6 is 19.2 Å². The van der Waals surface area contributed by atoms with Crippen LogP contribution in [0.25, 0.3) is 5.52 Å². The van der Waals surface area contributed by atoms with Gasteiger partial charge in [-0.05, 0) is 44.0 Å². The molecule has 3 N–H and O–H groups in total. The molecule has 3 aromatic rings. The van der Waals surface area contributed by atoms with Crippen molar-refractivity contribution in [3.63, 3.8) is 0 Å². The number of nitriles is 1. The van der Waals surface area contributed by atoms with Crippen molar-refractivity contribution < 1.29 is 37.4 Å². The van der Waals surface area contributed by atoms with Crippen molar-refractivity contribution in [2.45, 2.75) is 56.5 Å². The summed E-state index contributed by atoms with van der Waals surface area (Å²) in [5.74, 6) is -0.867. The molecule has 0 spiro atoms. The number of aryl methyl sites for hydroxylation is 1. The summed E-state index contributed by atoms with van der Waals surface area (Å²) in [6, 6.07) is 11.1. The molecule has 4 rings (SSSR count). The zero-order valence-corrected chi connectivity index (χ0v) is 24.7. The fourth-order valence-corrected chi connectivity index (χ4v) is 6.91. The van der Waals surface area contributed by atoms with E-state index in [9.17, 15) is 24.5 Å². The highest BCUT2D eigenvalue weighted by Crippen LogP contribution is 2.55. The predicted molar refractivity (Wildman–Crippen MR) is 150 cm³/mol. The molecule has 1 saturated heterocycles. The van der Waals surface area contributed by atoms with E-state index >= 15 is 4.39 Å². The highest BCUT2D eigenvalue weighted by molar-refractivity contribution is 7.54. The molecule has 0 amide bonds. The van der Waals surface area contributed by atoms with Crippen LogP contribution in [0, 0.1) is 17.2 Å². The van der Waals surface area contributed by atoms with Gasteiger partial charge in [0.05, 0.1) is 18.5 Å². The third kappa shape index (κ3) is 5.91. The van der Waals surface area contributed by atoms with E-state index in [1.807, 2.05) is 0 Å². The van der Waals surface area contributed by atoms with E-state index in [1.165, 1.54) is 26.0 Å². The van der Waals surface area contributed by atoms with Gasteiger partial charge in [-0.1, -0.05) is 36.7 Å². The lowest BCUT2D eigenvalue weighted by molar-refractivity contribution is -0.120. The van der Waals surface area contributed by atoms with E-state index in [-0.39, 0.29) is 46.9 Å². The average Bonchev–Trinajstić information content (AvgIpc) is 3.45. The molecule has 12 nitrogen and oxygen atoms in total. The van der Waals surface area contributed by atoms with Crippen LogP contribution in [-0.4, -0.2) is 61.4 Å². The van der Waals surface area contributed by atoms with E-state index in [4.69, 9.17) is 31.1 Å². The van der Waals surface area contributed by atoms with Gasteiger partial charge >= 0.3 is 7.60 Å². The zero-order chi connectivity index (χ0) is 30.9. The molecule has 2 unspecified atom stereocenters. The number of anilines is 1. The minimum atomic E-state index is -4.19. The summed E-state index contributed by atoms with van der Waals surface area (Å²) >= 11 is 6.17. The number of rotatable bonds is 12. The predicted octanol–water partition coefficient (Wildman–Crippen LogP) is 3.73. The summed E-state index contributed by atoms with van der Waals surface area (Å²) in [6.45, 7) is 3.59. The Morgan fingerprint density at radius 3 is 2.71 bits per heavy atom. The minimum absolute atomic E-state index is 0.0445. The van der Waals surface area contributed by atoms with E-state index in [1.54, 1.807) is 37.3 Å². The molecule has 3 heterocycles. The monoisotopic (exact) mass is 621 g/mol. The number of fused-ring (bicyclic) bond motifs is 1. The summed E-state index contributed by atoms with van der Waals surface area (Å²) in [7, 11) is -4.19. The second-order valence-corrected chi connectivity index (χ2v) is 12.8. The van der Waals surface area contributed by atoms with Crippen molar-refractivity contribution in [3.8, 4) is 11.8 Å². The highest BCUT2D eigenvalue weighted by Gasteiger charge is 2.69. The van der Waals surface area contributed by atoms with Gasteiger partial charge < -0.3 is 24.9 Å². The maximum absolute atomic E-state index is 16.1. The molecule has 0 bridgehead atoms. The SMILES string of the molecule is CC(=O)CCc1ccccc1OP(=O)(C[C@@H](C)C(C)=O)OC[C@H]1O[C@@](C#N)(c2ccc3c(N)ncnn23)[C@@](F)(Cl)C1O. The molecule has 2 aromatic heterocycles. The number of Topliss-reactive ketones (excluding diaryl/α,β-unsaturated/α-hetero) is 2. The molecule has 0 aliphatic carbocycles. The van der Waals surface area contributed by atoms with Crippen LogP contribution in [0.1, 0.15) is 38.4 Å². The van der Waals surface area contributed by atoms with Gasteiger partial charge in [-0.15, -0.1) is 0 Å². The Kier molecular flexibility index (Phi) is 9.06. The quantitative estimate of drug-likeness (QED) is 0.222. The molecular formula is C27H30ClFN5O7P. The van der Waals surface area contributed by atoms with E-state index in [2.05, 4.69) is 10.1 Å². The molecule has 0 radical (unpaired) electrons. The first-order valence-electron chi connectivity index (χ1n) is 13.0. The van der Waals surface area contributed by atoms with Gasteiger partial charge in [0.1, 0.15) is 47.4 Å². The number of alkyl halides is 2. The van der Waals surface area contributed by atoms with Gasteiger partial charge in [0.25, 0.3) is 5.13 Å². The number of ketones is 2. The molecule has 1 aromatic carbocycles. The molecule has 42 heavy (non-hydrogen) atoms. The average molecular weight is 622 g/mol. The number of hydrogen-bond donors (Lipinski definition) is 2. The smallest absolute Gasteiger partial charge is 0.380 e. The number of aliphatic hydroxyl groups is 1. The second kappa shape index (κ2) is 12.1. The van der Waals surface area contributed by atoms with Gasteiger partial charge in [-0.2, -0.15) is 10.4 Å². The van der Waals surface area contributed by atoms with Gasteiger partial charge in [0.2, 0.25) is 5.60 Å². The van der Waals surface area contributed by atoms with Crippen molar-refractivity contribution in [2.24, 2.45) is 5.92 Å². The number of benzene rings is 1. The largest absolute Gasteiger partial charge is 0.424 e. The Morgan fingerprint density at radius 2 is 2.05 bits per heavy atom. The Balaban J connectivity index is 1.64. The van der Waals surface area contributed by atoms with Crippen LogP contribution in [0.5, 0.6) is 5.75 Å². The normalized spacial score (nSPS) is 25.9. The van der Waals surface area contributed by atoms with Gasteiger partial charge in [0.15, 0.2) is 5.82 Å². The Bertz CT molecular complexity index is 1590. The number of nitrogens with zero attached hydrogens (tertiary/aromatic N) is 4. The number of ether oxygens (including phenoxy) is 1. The van der Waals surface area contributed by atoms with Crippen LogP contribution in [0.15, 0.2) is 42.7 Å². The molecule has 1 aliphatic heterocycles. The third-order valence-corrected chi connectivity index (χ3v) is 9.61. The highest BCUT2D eigenvalue weighted by atomic mass is 35.5. The molecule has 224 valence electrons. The third-order valence-electron chi connectivity index (χ3n) is 7.10. The number of aliphatic hydroxyl groups excluding tert-OH is 1. The fourth-order valence-electron chi connectivity index (χ4n) is 4.57. The van der Waals surface area contributed by atoms with Crippen molar-refractivity contribution in [2.75, 3.05) is 18.5 Å². The number of nitrogens with two attached hydrogens (primary N) is 1. The first-order valence-corrected chi connectivity index (χ1v) is 15.1. The van der Waals surface area contributed by atoms with Crippen LogP contribution < -0.4 is 10.3 Å². The molecule has 0 saturated carbocycles. The zero-order valence-electron chi connectivity index (χ0n) is 23.1. The minimum Gasteiger partial charge on any atom is -0.424 e. The number of carbonyl (C=O) groups is 2. The van der Waals surface area contributed by atoms with Gasteiger partial charge in [-0.3, -0.25) is 9.32 Å². The lowest BCUT2D eigenvalue weighted by Crippen LogP contribution is -2.46.